The Hall–Kier alpha value is -7.39. The summed E-state index contributed by atoms with van der Waals surface area (Å²) < 4.78 is 4.58. The summed E-state index contributed by atoms with van der Waals surface area (Å²) in [7, 11) is 0. The van der Waals surface area contributed by atoms with Crippen LogP contribution in [0.15, 0.2) is 152 Å². The molecule has 0 saturated carbocycles. The van der Waals surface area contributed by atoms with Crippen LogP contribution >= 0.6 is 0 Å². The zero-order valence-corrected chi connectivity index (χ0v) is 26.7. The van der Waals surface area contributed by atoms with E-state index in [1.165, 1.54) is 0 Å². The van der Waals surface area contributed by atoms with Crippen molar-refractivity contribution in [3.8, 4) is 45.8 Å². The molecule has 0 saturated heterocycles. The van der Waals surface area contributed by atoms with Crippen molar-refractivity contribution in [1.29, 1.82) is 10.5 Å². The topological polar surface area (TPSA) is 61.8 Å². The summed E-state index contributed by atoms with van der Waals surface area (Å²) in [4.78, 5) is 3.75. The van der Waals surface area contributed by atoms with Gasteiger partial charge in [-0.15, -0.1) is 0 Å². The molecule has 9 rings (SSSR count). The van der Waals surface area contributed by atoms with Crippen LogP contribution in [0.2, 0.25) is 0 Å². The van der Waals surface area contributed by atoms with Gasteiger partial charge in [-0.3, -0.25) is 0 Å². The molecule has 5 nitrogen and oxygen atoms in total. The van der Waals surface area contributed by atoms with Gasteiger partial charge in [-0.2, -0.15) is 10.5 Å². The zero-order chi connectivity index (χ0) is 33.8. The maximum atomic E-state index is 10.3. The van der Waals surface area contributed by atoms with Gasteiger partial charge in [0.15, 0.2) is 5.69 Å². The van der Waals surface area contributed by atoms with Crippen molar-refractivity contribution in [2.24, 2.45) is 0 Å². The first-order valence-electron chi connectivity index (χ1n) is 16.3. The number of hydrogen-bond donors (Lipinski definition) is 0. The van der Waals surface area contributed by atoms with E-state index in [0.717, 1.165) is 77.2 Å². The highest BCUT2D eigenvalue weighted by molar-refractivity contribution is 6.13. The van der Waals surface area contributed by atoms with Gasteiger partial charge < -0.3 is 9.13 Å². The Morgan fingerprint density at radius 2 is 1.02 bits per heavy atom. The fraction of sp³-hybridized carbons (Fsp3) is 0. The lowest BCUT2D eigenvalue weighted by Gasteiger charge is -2.22. The molecule has 0 bridgehead atoms. The first kappa shape index (κ1) is 28.8. The Morgan fingerprint density at radius 1 is 0.460 bits per heavy atom. The van der Waals surface area contributed by atoms with Gasteiger partial charge in [0.1, 0.15) is 0 Å². The van der Waals surface area contributed by atoms with Crippen LogP contribution in [0.3, 0.4) is 0 Å². The molecule has 7 aromatic carbocycles. The molecule has 230 valence electrons. The molecule has 0 N–H and O–H groups in total. The van der Waals surface area contributed by atoms with E-state index in [-0.39, 0.29) is 0 Å². The minimum atomic E-state index is 0.583. The van der Waals surface area contributed by atoms with Gasteiger partial charge in [0, 0.05) is 38.4 Å². The van der Waals surface area contributed by atoms with Gasteiger partial charge >= 0.3 is 0 Å². The second-order valence-corrected chi connectivity index (χ2v) is 12.2. The number of benzene rings is 7. The maximum absolute atomic E-state index is 10.3. The fourth-order valence-corrected chi connectivity index (χ4v) is 7.50. The third-order valence-corrected chi connectivity index (χ3v) is 9.62. The predicted molar refractivity (Wildman–Crippen MR) is 202 cm³/mol. The third-order valence-electron chi connectivity index (χ3n) is 9.62. The molecular formula is C45H25N5. The van der Waals surface area contributed by atoms with Gasteiger partial charge in [0.05, 0.1) is 63.3 Å². The first-order chi connectivity index (χ1) is 24.7. The molecule has 0 spiro atoms. The van der Waals surface area contributed by atoms with E-state index in [0.29, 0.717) is 16.8 Å². The lowest BCUT2D eigenvalue weighted by atomic mass is 9.92. The molecule has 0 fully saturated rings. The molecule has 0 amide bonds. The van der Waals surface area contributed by atoms with E-state index >= 15 is 0 Å². The van der Waals surface area contributed by atoms with Gasteiger partial charge in [-0.1, -0.05) is 97.1 Å². The SMILES string of the molecule is [C-]#[N+]c1ccc2c(c1)c1ccccc1n2-c1c(-c2ccccc2C#N)cccc1-c1ccccc1-n1c2ccccc2c2cc(C#N)ccc21. The average Bonchev–Trinajstić information content (AvgIpc) is 3.69. The van der Waals surface area contributed by atoms with Crippen LogP contribution in [-0.2, 0) is 0 Å². The molecule has 0 radical (unpaired) electrons. The van der Waals surface area contributed by atoms with Crippen molar-refractivity contribution in [1.82, 2.24) is 9.13 Å². The van der Waals surface area contributed by atoms with Crippen LogP contribution < -0.4 is 0 Å². The molecular weight excluding hydrogens is 611 g/mol. The summed E-state index contributed by atoms with van der Waals surface area (Å²) in [6.45, 7) is 7.73. The Bertz CT molecular complexity index is 2970. The highest BCUT2D eigenvalue weighted by Crippen LogP contribution is 2.45. The first-order valence-corrected chi connectivity index (χ1v) is 16.3. The Morgan fingerprint density at radius 3 is 1.76 bits per heavy atom. The number of rotatable bonds is 4. The van der Waals surface area contributed by atoms with Crippen molar-refractivity contribution < 1.29 is 0 Å². The molecule has 2 aromatic heterocycles. The largest absolute Gasteiger partial charge is 0.309 e. The van der Waals surface area contributed by atoms with Gasteiger partial charge in [0.25, 0.3) is 0 Å². The Labute approximate surface area is 288 Å². The average molecular weight is 636 g/mol. The Kier molecular flexibility index (Phi) is 6.56. The van der Waals surface area contributed by atoms with Crippen LogP contribution in [0.4, 0.5) is 5.69 Å². The van der Waals surface area contributed by atoms with Crippen molar-refractivity contribution >= 4 is 49.3 Å². The predicted octanol–water partition coefficient (Wildman–Crippen LogP) is 11.5. The smallest absolute Gasteiger partial charge is 0.188 e. The number of nitrogens with zero attached hydrogens (tertiary/aromatic N) is 5. The molecule has 50 heavy (non-hydrogen) atoms. The summed E-state index contributed by atoms with van der Waals surface area (Å²) in [5, 5.41) is 24.2. The van der Waals surface area contributed by atoms with E-state index in [1.807, 2.05) is 84.9 Å². The number of hydrogen-bond acceptors (Lipinski definition) is 2. The molecule has 0 aliphatic rings. The van der Waals surface area contributed by atoms with Crippen molar-refractivity contribution in [2.45, 2.75) is 0 Å². The van der Waals surface area contributed by atoms with Crippen LogP contribution in [0.1, 0.15) is 11.1 Å². The molecule has 0 atom stereocenters. The number of aromatic nitrogens is 2. The summed E-state index contributed by atoms with van der Waals surface area (Å²) in [5.74, 6) is 0. The number of para-hydroxylation sites is 4. The number of fused-ring (bicyclic) bond motifs is 6. The normalized spacial score (nSPS) is 11.1. The van der Waals surface area contributed by atoms with Crippen LogP contribution in [0.5, 0.6) is 0 Å². The minimum absolute atomic E-state index is 0.583. The molecule has 9 aromatic rings. The van der Waals surface area contributed by atoms with Crippen molar-refractivity contribution in [3.63, 3.8) is 0 Å². The monoisotopic (exact) mass is 635 g/mol. The highest BCUT2D eigenvalue weighted by atomic mass is 15.0. The molecule has 0 unspecified atom stereocenters. The Balaban J connectivity index is 1.44. The quantitative estimate of drug-likeness (QED) is 0.181. The lowest BCUT2D eigenvalue weighted by molar-refractivity contribution is 1.16. The standard InChI is InChI=1S/C45H25N5/c1-48-31-22-24-44-39(26-31)35-15-6-9-20-42(35)50(44)45-36(32-12-3-2-11-30(32)28-47)16-10-17-37(45)33-13-4-7-18-40(33)49-41-19-8-5-14-34(41)38-25-29(27-46)21-23-43(38)49/h2-26H. The van der Waals surface area contributed by atoms with Crippen molar-refractivity contribution in [3.05, 3.63) is 174 Å². The highest BCUT2D eigenvalue weighted by Gasteiger charge is 2.23. The van der Waals surface area contributed by atoms with E-state index in [9.17, 15) is 10.5 Å². The molecule has 0 aliphatic heterocycles. The van der Waals surface area contributed by atoms with E-state index in [4.69, 9.17) is 6.57 Å². The molecule has 2 heterocycles. The minimum Gasteiger partial charge on any atom is -0.309 e. The van der Waals surface area contributed by atoms with Gasteiger partial charge in [-0.25, -0.2) is 4.85 Å². The summed E-state index contributed by atoms with van der Waals surface area (Å²) in [6, 6.07) is 55.6. The fourth-order valence-electron chi connectivity index (χ4n) is 7.50. The van der Waals surface area contributed by atoms with E-state index in [1.54, 1.807) is 0 Å². The summed E-state index contributed by atoms with van der Waals surface area (Å²) in [5.41, 5.74) is 11.5. The van der Waals surface area contributed by atoms with Gasteiger partial charge in [0.2, 0.25) is 0 Å². The maximum Gasteiger partial charge on any atom is 0.188 e. The third kappa shape index (κ3) is 4.24. The van der Waals surface area contributed by atoms with E-state index < -0.39 is 0 Å². The second-order valence-electron chi connectivity index (χ2n) is 12.2. The summed E-state index contributed by atoms with van der Waals surface area (Å²) in [6.07, 6.45) is 0. The van der Waals surface area contributed by atoms with Gasteiger partial charge in [-0.05, 0) is 60.0 Å². The molecule has 5 heteroatoms. The number of nitriles is 2. The zero-order valence-electron chi connectivity index (χ0n) is 26.7. The van der Waals surface area contributed by atoms with Crippen LogP contribution in [-0.4, -0.2) is 9.13 Å². The summed E-state index contributed by atoms with van der Waals surface area (Å²) >= 11 is 0. The second kappa shape index (κ2) is 11.4. The van der Waals surface area contributed by atoms with Crippen LogP contribution in [0, 0.1) is 29.2 Å². The lowest BCUT2D eigenvalue weighted by Crippen LogP contribution is -2.04. The van der Waals surface area contributed by atoms with E-state index in [2.05, 4.69) is 92.8 Å². The molecule has 0 aliphatic carbocycles. The van der Waals surface area contributed by atoms with Crippen molar-refractivity contribution in [2.75, 3.05) is 0 Å². The van der Waals surface area contributed by atoms with Crippen LogP contribution in [0.25, 0.3) is 82.1 Å².